The normalized spacial score (nSPS) is 19.8. The third-order valence-corrected chi connectivity index (χ3v) is 4.76. The van der Waals surface area contributed by atoms with Gasteiger partial charge in [-0.05, 0) is 12.1 Å². The van der Waals surface area contributed by atoms with Crippen molar-refractivity contribution < 1.29 is 18.4 Å². The summed E-state index contributed by atoms with van der Waals surface area (Å²) in [5.41, 5.74) is 1.62. The summed E-state index contributed by atoms with van der Waals surface area (Å²) in [4.78, 5) is 11.2. The van der Waals surface area contributed by atoms with Crippen molar-refractivity contribution in [2.24, 2.45) is 0 Å². The van der Waals surface area contributed by atoms with E-state index in [1.165, 1.54) is 6.92 Å². The Morgan fingerprint density at radius 2 is 1.68 bits per heavy atom. The van der Waals surface area contributed by atoms with Crippen LogP contribution in [0.25, 0.3) is 11.1 Å². The van der Waals surface area contributed by atoms with E-state index in [0.717, 1.165) is 11.1 Å². The summed E-state index contributed by atoms with van der Waals surface area (Å²) in [5.74, 6) is -0.164. The summed E-state index contributed by atoms with van der Waals surface area (Å²) >= 11 is 0. The Morgan fingerprint density at radius 1 is 1.05 bits per heavy atom. The lowest BCUT2D eigenvalue weighted by atomic mass is 10.0. The van der Waals surface area contributed by atoms with Gasteiger partial charge in [-0.1, -0.05) is 36.4 Å². The molecule has 96 valence electrons. The molecule has 0 saturated heterocycles. The van der Waals surface area contributed by atoms with Crippen LogP contribution in [-0.4, -0.2) is 5.97 Å². The molecule has 1 heterocycles. The van der Waals surface area contributed by atoms with E-state index in [9.17, 15) is 9.36 Å². The second kappa shape index (κ2) is 4.25. The minimum atomic E-state index is -3.64. The van der Waals surface area contributed by atoms with Gasteiger partial charge >= 0.3 is 13.6 Å². The fourth-order valence-corrected chi connectivity index (χ4v) is 3.87. The number of para-hydroxylation sites is 1. The lowest BCUT2D eigenvalue weighted by Crippen LogP contribution is -2.20. The molecule has 0 bridgehead atoms. The summed E-state index contributed by atoms with van der Waals surface area (Å²) in [6, 6.07) is 14.3. The van der Waals surface area contributed by atoms with Gasteiger partial charge in [-0.25, -0.2) is 4.57 Å². The number of carbonyl (C=O) groups is 1. The van der Waals surface area contributed by atoms with Gasteiger partial charge in [0.2, 0.25) is 0 Å². The molecular weight excluding hydrogens is 263 g/mol. The van der Waals surface area contributed by atoms with E-state index in [0.29, 0.717) is 11.1 Å². The van der Waals surface area contributed by atoms with Crippen LogP contribution in [0.2, 0.25) is 0 Å². The summed E-state index contributed by atoms with van der Waals surface area (Å²) in [6.07, 6.45) is 0. The monoisotopic (exact) mass is 274 g/mol. The van der Waals surface area contributed by atoms with Gasteiger partial charge < -0.3 is 9.05 Å². The zero-order chi connectivity index (χ0) is 13.5. The van der Waals surface area contributed by atoms with Gasteiger partial charge in [0.05, 0.1) is 5.30 Å². The van der Waals surface area contributed by atoms with Crippen molar-refractivity contribution in [2.75, 3.05) is 0 Å². The fourth-order valence-electron chi connectivity index (χ4n) is 2.12. The zero-order valence-corrected chi connectivity index (χ0v) is 11.1. The Labute approximate surface area is 110 Å². The van der Waals surface area contributed by atoms with E-state index >= 15 is 0 Å². The summed E-state index contributed by atoms with van der Waals surface area (Å²) in [6.45, 7) is 1.21. The third-order valence-electron chi connectivity index (χ3n) is 2.84. The molecule has 0 saturated carbocycles. The third kappa shape index (κ3) is 1.94. The van der Waals surface area contributed by atoms with Crippen LogP contribution in [-0.2, 0) is 13.9 Å². The smallest absolute Gasteiger partial charge is 0.412 e. The van der Waals surface area contributed by atoms with Gasteiger partial charge in [-0.2, -0.15) is 0 Å². The van der Waals surface area contributed by atoms with Crippen molar-refractivity contribution in [3.05, 3.63) is 48.5 Å². The van der Waals surface area contributed by atoms with Crippen LogP contribution in [0.3, 0.4) is 0 Å². The highest BCUT2D eigenvalue weighted by molar-refractivity contribution is 7.63. The second-order valence-electron chi connectivity index (χ2n) is 4.18. The molecule has 1 atom stereocenters. The lowest BCUT2D eigenvalue weighted by Gasteiger charge is -2.26. The van der Waals surface area contributed by atoms with Gasteiger partial charge in [0.25, 0.3) is 0 Å². The first-order chi connectivity index (χ1) is 9.10. The molecule has 0 amide bonds. The van der Waals surface area contributed by atoms with E-state index in [-0.39, 0.29) is 0 Å². The van der Waals surface area contributed by atoms with Crippen molar-refractivity contribution in [1.82, 2.24) is 0 Å². The van der Waals surface area contributed by atoms with Crippen LogP contribution in [0.4, 0.5) is 0 Å². The Bertz CT molecular complexity index is 708. The Morgan fingerprint density at radius 3 is 2.42 bits per heavy atom. The maximum Gasteiger partial charge on any atom is 0.465 e. The molecule has 1 unspecified atom stereocenters. The van der Waals surface area contributed by atoms with Gasteiger partial charge in [0.1, 0.15) is 5.75 Å². The maximum absolute atomic E-state index is 12.8. The lowest BCUT2D eigenvalue weighted by molar-refractivity contribution is -0.132. The van der Waals surface area contributed by atoms with E-state index in [2.05, 4.69) is 0 Å². The van der Waals surface area contributed by atoms with Crippen LogP contribution in [0.1, 0.15) is 6.92 Å². The topological polar surface area (TPSA) is 52.6 Å². The first kappa shape index (κ1) is 12.0. The maximum atomic E-state index is 12.8. The molecular formula is C14H11O4P. The Balaban J connectivity index is 2.25. The van der Waals surface area contributed by atoms with Crippen LogP contribution < -0.4 is 9.83 Å². The molecule has 2 aromatic carbocycles. The molecule has 0 spiro atoms. The molecule has 1 aliphatic rings. The number of hydrogen-bond acceptors (Lipinski definition) is 4. The molecule has 0 fully saturated rings. The van der Waals surface area contributed by atoms with E-state index < -0.39 is 13.6 Å². The number of fused-ring (bicyclic) bond motifs is 3. The minimum Gasteiger partial charge on any atom is -0.412 e. The number of hydrogen-bond donors (Lipinski definition) is 0. The molecule has 19 heavy (non-hydrogen) atoms. The largest absolute Gasteiger partial charge is 0.465 e. The molecule has 0 radical (unpaired) electrons. The molecule has 5 heteroatoms. The fraction of sp³-hybridized carbons (Fsp3) is 0.0714. The highest BCUT2D eigenvalue weighted by Crippen LogP contribution is 2.55. The van der Waals surface area contributed by atoms with E-state index in [1.54, 1.807) is 24.3 Å². The van der Waals surface area contributed by atoms with Crippen LogP contribution in [0.5, 0.6) is 5.75 Å². The SMILES string of the molecule is CC(=O)OP1(=O)Oc2ccccc2-c2ccccc21. The Hall–Kier alpha value is -2.06. The van der Waals surface area contributed by atoms with Gasteiger partial charge in [-0.15, -0.1) is 0 Å². The van der Waals surface area contributed by atoms with Crippen LogP contribution in [0, 0.1) is 0 Å². The average molecular weight is 274 g/mol. The second-order valence-corrected chi connectivity index (χ2v) is 6.03. The highest BCUT2D eigenvalue weighted by atomic mass is 31.2. The minimum absolute atomic E-state index is 0.420. The summed E-state index contributed by atoms with van der Waals surface area (Å²) in [7, 11) is -3.64. The summed E-state index contributed by atoms with van der Waals surface area (Å²) in [5, 5.41) is 0.420. The van der Waals surface area contributed by atoms with Crippen molar-refractivity contribution in [1.29, 1.82) is 0 Å². The molecule has 1 aliphatic heterocycles. The van der Waals surface area contributed by atoms with Crippen molar-refractivity contribution in [3.63, 3.8) is 0 Å². The molecule has 0 aromatic heterocycles. The molecule has 0 aliphatic carbocycles. The molecule has 2 aromatic rings. The first-order valence-corrected chi connectivity index (χ1v) is 7.33. The highest BCUT2D eigenvalue weighted by Gasteiger charge is 2.39. The average Bonchev–Trinajstić information content (AvgIpc) is 2.38. The predicted octanol–water partition coefficient (Wildman–Crippen LogP) is 3.13. The van der Waals surface area contributed by atoms with Crippen molar-refractivity contribution in [2.45, 2.75) is 6.92 Å². The van der Waals surface area contributed by atoms with Gasteiger partial charge in [-0.3, -0.25) is 4.79 Å². The van der Waals surface area contributed by atoms with Gasteiger partial charge in [0.15, 0.2) is 0 Å². The molecule has 4 nitrogen and oxygen atoms in total. The van der Waals surface area contributed by atoms with Crippen LogP contribution >= 0.6 is 7.60 Å². The molecule has 0 N–H and O–H groups in total. The summed E-state index contributed by atoms with van der Waals surface area (Å²) < 4.78 is 23.2. The van der Waals surface area contributed by atoms with Crippen molar-refractivity contribution >= 4 is 18.9 Å². The van der Waals surface area contributed by atoms with E-state index in [4.69, 9.17) is 9.05 Å². The molecule has 3 rings (SSSR count). The first-order valence-electron chi connectivity index (χ1n) is 5.79. The zero-order valence-electron chi connectivity index (χ0n) is 10.2. The standard InChI is InChI=1S/C14H11O4P/c1-10(15)17-19(16)14-9-5-3-7-12(14)11-6-2-4-8-13(11)18-19/h2-9H,1H3. The van der Waals surface area contributed by atoms with Crippen LogP contribution in [0.15, 0.2) is 48.5 Å². The number of carbonyl (C=O) groups excluding carboxylic acids is 1. The van der Waals surface area contributed by atoms with E-state index in [1.807, 2.05) is 24.3 Å². The Kier molecular flexibility index (Phi) is 2.68. The van der Waals surface area contributed by atoms with Crippen molar-refractivity contribution in [3.8, 4) is 16.9 Å². The van der Waals surface area contributed by atoms with Gasteiger partial charge in [0, 0.05) is 18.1 Å². The number of rotatable bonds is 1. The quantitative estimate of drug-likeness (QED) is 0.750. The number of benzene rings is 2. The predicted molar refractivity (Wildman–Crippen MR) is 71.5 cm³/mol.